The van der Waals surface area contributed by atoms with Crippen LogP contribution < -0.4 is 10.2 Å². The molecule has 0 aliphatic carbocycles. The van der Waals surface area contributed by atoms with Gasteiger partial charge >= 0.3 is 0 Å². The van der Waals surface area contributed by atoms with E-state index in [1.165, 1.54) is 24.1 Å². The van der Waals surface area contributed by atoms with Gasteiger partial charge in [-0.05, 0) is 57.9 Å². The first kappa shape index (κ1) is 13.9. The van der Waals surface area contributed by atoms with Gasteiger partial charge in [0.1, 0.15) is 0 Å². The van der Waals surface area contributed by atoms with E-state index in [-0.39, 0.29) is 5.54 Å². The molecule has 2 nitrogen and oxygen atoms in total. The molecule has 1 aliphatic rings. The van der Waals surface area contributed by atoms with Crippen LogP contribution in [0.15, 0.2) is 22.7 Å². The van der Waals surface area contributed by atoms with Crippen molar-refractivity contribution in [2.24, 2.45) is 0 Å². The maximum atomic E-state index is 3.58. The van der Waals surface area contributed by atoms with Gasteiger partial charge in [-0.1, -0.05) is 22.0 Å². The second kappa shape index (κ2) is 5.22. The number of piperidine rings is 1. The predicted molar refractivity (Wildman–Crippen MR) is 82.4 cm³/mol. The largest absolute Gasteiger partial charge is 0.371 e. The third-order valence-corrected chi connectivity index (χ3v) is 4.42. The van der Waals surface area contributed by atoms with Crippen molar-refractivity contribution in [2.45, 2.75) is 45.2 Å². The maximum absolute atomic E-state index is 3.58. The molecular weight excluding hydrogens is 288 g/mol. The second-order valence-corrected chi connectivity index (χ2v) is 6.91. The van der Waals surface area contributed by atoms with Crippen LogP contribution in [0.4, 0.5) is 5.69 Å². The summed E-state index contributed by atoms with van der Waals surface area (Å²) in [5, 5.41) is 3.58. The monoisotopic (exact) mass is 310 g/mol. The number of halogens is 1. The molecule has 18 heavy (non-hydrogen) atoms. The first-order valence-electron chi connectivity index (χ1n) is 6.63. The molecule has 0 saturated carbocycles. The Kier molecular flexibility index (Phi) is 4.02. The Morgan fingerprint density at radius 2 is 2.11 bits per heavy atom. The van der Waals surface area contributed by atoms with Crippen molar-refractivity contribution in [3.05, 3.63) is 28.2 Å². The third-order valence-electron chi connectivity index (χ3n) is 3.93. The lowest BCUT2D eigenvalue weighted by Gasteiger charge is -2.42. The van der Waals surface area contributed by atoms with Crippen LogP contribution in [0.3, 0.4) is 0 Å². The zero-order chi connectivity index (χ0) is 13.3. The standard InChI is InChI=1S/C15H23BrN2/c1-11-5-6-12(16)9-14(11)18(4)13-7-8-17-15(2,3)10-13/h5-6,9,13,17H,7-8,10H2,1-4H3. The van der Waals surface area contributed by atoms with E-state index in [0.717, 1.165) is 11.0 Å². The average molecular weight is 311 g/mol. The van der Waals surface area contributed by atoms with Crippen molar-refractivity contribution in [3.8, 4) is 0 Å². The van der Waals surface area contributed by atoms with E-state index in [4.69, 9.17) is 0 Å². The van der Waals surface area contributed by atoms with Gasteiger partial charge in [0.2, 0.25) is 0 Å². The lowest BCUT2D eigenvalue weighted by molar-refractivity contribution is 0.271. The molecule has 1 fully saturated rings. The van der Waals surface area contributed by atoms with Crippen LogP contribution in [0.25, 0.3) is 0 Å². The molecule has 1 atom stereocenters. The molecular formula is C15H23BrN2. The summed E-state index contributed by atoms with van der Waals surface area (Å²) in [5.41, 5.74) is 2.93. The van der Waals surface area contributed by atoms with Crippen LogP contribution in [-0.2, 0) is 0 Å². The SMILES string of the molecule is Cc1ccc(Br)cc1N(C)C1CCNC(C)(C)C1. The number of rotatable bonds is 2. The first-order chi connectivity index (χ1) is 8.39. The lowest BCUT2D eigenvalue weighted by atomic mass is 9.88. The first-order valence-corrected chi connectivity index (χ1v) is 7.42. The van der Waals surface area contributed by atoms with Gasteiger partial charge in [0, 0.05) is 28.8 Å². The third kappa shape index (κ3) is 3.07. The summed E-state index contributed by atoms with van der Waals surface area (Å²) in [4.78, 5) is 2.45. The zero-order valence-corrected chi connectivity index (χ0v) is 13.3. The molecule has 1 N–H and O–H groups in total. The van der Waals surface area contributed by atoms with Crippen molar-refractivity contribution in [1.82, 2.24) is 5.32 Å². The lowest BCUT2D eigenvalue weighted by Crippen LogP contribution is -2.52. The summed E-state index contributed by atoms with van der Waals surface area (Å²) in [6, 6.07) is 7.14. The minimum atomic E-state index is 0.247. The van der Waals surface area contributed by atoms with Gasteiger partial charge in [-0.2, -0.15) is 0 Å². The maximum Gasteiger partial charge on any atom is 0.0407 e. The second-order valence-electron chi connectivity index (χ2n) is 6.00. The summed E-state index contributed by atoms with van der Waals surface area (Å²) < 4.78 is 1.16. The van der Waals surface area contributed by atoms with Crippen molar-refractivity contribution >= 4 is 21.6 Å². The average Bonchev–Trinajstić information content (AvgIpc) is 2.30. The van der Waals surface area contributed by atoms with Crippen LogP contribution in [-0.4, -0.2) is 25.2 Å². The minimum Gasteiger partial charge on any atom is -0.371 e. The molecule has 3 heteroatoms. The van der Waals surface area contributed by atoms with E-state index < -0.39 is 0 Å². The molecule has 1 aliphatic heterocycles. The molecule has 0 radical (unpaired) electrons. The van der Waals surface area contributed by atoms with Gasteiger partial charge in [0.15, 0.2) is 0 Å². The Labute approximate surface area is 119 Å². The normalized spacial score (nSPS) is 22.8. The molecule has 0 amide bonds. The number of benzene rings is 1. The fraction of sp³-hybridized carbons (Fsp3) is 0.600. The summed E-state index contributed by atoms with van der Waals surface area (Å²) >= 11 is 3.57. The van der Waals surface area contributed by atoms with Gasteiger partial charge in [0.25, 0.3) is 0 Å². The highest BCUT2D eigenvalue weighted by atomic mass is 79.9. The minimum absolute atomic E-state index is 0.247. The van der Waals surface area contributed by atoms with Crippen LogP contribution in [0.5, 0.6) is 0 Å². The predicted octanol–water partition coefficient (Wildman–Crippen LogP) is 3.72. The van der Waals surface area contributed by atoms with Gasteiger partial charge in [0.05, 0.1) is 0 Å². The molecule has 1 aromatic rings. The fourth-order valence-electron chi connectivity index (χ4n) is 2.83. The summed E-state index contributed by atoms with van der Waals surface area (Å²) in [5.74, 6) is 0. The van der Waals surface area contributed by atoms with Crippen molar-refractivity contribution in [2.75, 3.05) is 18.5 Å². The van der Waals surface area contributed by atoms with E-state index >= 15 is 0 Å². The van der Waals surface area contributed by atoms with Crippen molar-refractivity contribution in [1.29, 1.82) is 0 Å². The molecule has 2 rings (SSSR count). The Balaban J connectivity index is 2.20. The van der Waals surface area contributed by atoms with Gasteiger partial charge in [-0.3, -0.25) is 0 Å². The highest BCUT2D eigenvalue weighted by Gasteiger charge is 2.30. The van der Waals surface area contributed by atoms with E-state index in [1.54, 1.807) is 0 Å². The molecule has 100 valence electrons. The van der Waals surface area contributed by atoms with E-state index in [9.17, 15) is 0 Å². The van der Waals surface area contributed by atoms with Crippen molar-refractivity contribution in [3.63, 3.8) is 0 Å². The van der Waals surface area contributed by atoms with Gasteiger partial charge < -0.3 is 10.2 Å². The highest BCUT2D eigenvalue weighted by Crippen LogP contribution is 2.30. The number of hydrogen-bond donors (Lipinski definition) is 1. The Morgan fingerprint density at radius 3 is 2.78 bits per heavy atom. The molecule has 1 aromatic carbocycles. The molecule has 0 spiro atoms. The molecule has 1 saturated heterocycles. The number of nitrogens with one attached hydrogen (secondary N) is 1. The number of aryl methyl sites for hydroxylation is 1. The quantitative estimate of drug-likeness (QED) is 0.895. The topological polar surface area (TPSA) is 15.3 Å². The number of hydrogen-bond acceptors (Lipinski definition) is 2. The number of anilines is 1. The van der Waals surface area contributed by atoms with Gasteiger partial charge in [-0.15, -0.1) is 0 Å². The highest BCUT2D eigenvalue weighted by molar-refractivity contribution is 9.10. The van der Waals surface area contributed by atoms with E-state index in [0.29, 0.717) is 6.04 Å². The van der Waals surface area contributed by atoms with E-state index in [2.05, 4.69) is 72.2 Å². The summed E-state index contributed by atoms with van der Waals surface area (Å²) in [7, 11) is 2.22. The van der Waals surface area contributed by atoms with Gasteiger partial charge in [-0.25, -0.2) is 0 Å². The molecule has 1 heterocycles. The molecule has 0 bridgehead atoms. The summed E-state index contributed by atoms with van der Waals surface area (Å²) in [6.07, 6.45) is 2.40. The van der Waals surface area contributed by atoms with Crippen LogP contribution in [0.2, 0.25) is 0 Å². The Morgan fingerprint density at radius 1 is 1.39 bits per heavy atom. The molecule has 0 aromatic heterocycles. The zero-order valence-electron chi connectivity index (χ0n) is 11.8. The summed E-state index contributed by atoms with van der Waals surface area (Å²) in [6.45, 7) is 7.88. The van der Waals surface area contributed by atoms with Crippen molar-refractivity contribution < 1.29 is 0 Å². The van der Waals surface area contributed by atoms with Crippen LogP contribution in [0, 0.1) is 6.92 Å². The van der Waals surface area contributed by atoms with E-state index in [1.807, 2.05) is 0 Å². The molecule has 1 unspecified atom stereocenters. The Bertz CT molecular complexity index is 429. The van der Waals surface area contributed by atoms with Crippen LogP contribution >= 0.6 is 15.9 Å². The Hall–Kier alpha value is -0.540. The smallest absolute Gasteiger partial charge is 0.0407 e. The number of nitrogens with zero attached hydrogens (tertiary/aromatic N) is 1. The van der Waals surface area contributed by atoms with Crippen LogP contribution in [0.1, 0.15) is 32.3 Å². The fourth-order valence-corrected chi connectivity index (χ4v) is 3.18.